The normalized spacial score (nSPS) is 9.70. The first-order chi connectivity index (χ1) is 4.74. The Bertz CT molecular complexity index is 241. The summed E-state index contributed by atoms with van der Waals surface area (Å²) in [5.74, 6) is -0.0920. The summed E-state index contributed by atoms with van der Waals surface area (Å²) >= 11 is 3.91. The van der Waals surface area contributed by atoms with Crippen LogP contribution in [0.5, 0.6) is 0 Å². The molecule has 0 amide bonds. The second kappa shape index (κ2) is 2.79. The molecule has 1 rings (SSSR count). The summed E-state index contributed by atoms with van der Waals surface area (Å²) in [6, 6.07) is 3.00. The molecule has 4 heteroatoms. The summed E-state index contributed by atoms with van der Waals surface area (Å²) in [6.45, 7) is 0. The summed E-state index contributed by atoms with van der Waals surface area (Å²) in [5.41, 5.74) is 0. The van der Waals surface area contributed by atoms with Crippen molar-refractivity contribution < 1.29 is 14.3 Å². The van der Waals surface area contributed by atoms with Crippen LogP contribution < -0.4 is 0 Å². The lowest BCUT2D eigenvalue weighted by Gasteiger charge is -1.85. The van der Waals surface area contributed by atoms with Crippen LogP contribution in [0.4, 0.5) is 0 Å². The molecule has 0 unspecified atom stereocenters. The summed E-state index contributed by atoms with van der Waals surface area (Å²) in [5, 5.41) is 8.37. The van der Waals surface area contributed by atoms with E-state index in [0.717, 1.165) is 0 Å². The molecule has 1 aromatic heterocycles. The van der Waals surface area contributed by atoms with E-state index in [1.54, 1.807) is 6.07 Å². The Morgan fingerprint density at radius 2 is 2.40 bits per heavy atom. The Kier molecular flexibility index (Phi) is 2.01. The second-order valence-electron chi connectivity index (χ2n) is 1.73. The van der Waals surface area contributed by atoms with Crippen molar-refractivity contribution in [3.8, 4) is 0 Å². The molecular formula is C6H6O3S. The van der Waals surface area contributed by atoms with Gasteiger partial charge in [0.2, 0.25) is 5.76 Å². The highest BCUT2D eigenvalue weighted by Gasteiger charge is 2.06. The molecule has 1 heterocycles. The molecule has 3 nitrogen and oxygen atoms in total. The van der Waals surface area contributed by atoms with Crippen LogP contribution in [0.3, 0.4) is 0 Å². The van der Waals surface area contributed by atoms with Crippen LogP contribution in [0.25, 0.3) is 0 Å². The summed E-state index contributed by atoms with van der Waals surface area (Å²) in [7, 11) is 0. The molecule has 0 bridgehead atoms. The van der Waals surface area contributed by atoms with Crippen LogP contribution in [0.1, 0.15) is 16.3 Å². The third kappa shape index (κ3) is 1.33. The minimum atomic E-state index is -1.05. The molecule has 0 aliphatic rings. The van der Waals surface area contributed by atoms with Gasteiger partial charge >= 0.3 is 5.97 Å². The van der Waals surface area contributed by atoms with Crippen molar-refractivity contribution in [2.45, 2.75) is 5.75 Å². The molecule has 1 aromatic rings. The maximum absolute atomic E-state index is 10.2. The zero-order chi connectivity index (χ0) is 7.56. The molecule has 0 atom stereocenters. The number of carboxylic acid groups (broad SMARTS) is 1. The van der Waals surface area contributed by atoms with Gasteiger partial charge in [0.25, 0.3) is 0 Å². The summed E-state index contributed by atoms with van der Waals surface area (Å²) in [4.78, 5) is 10.2. The minimum Gasteiger partial charge on any atom is -0.475 e. The van der Waals surface area contributed by atoms with Gasteiger partial charge in [0.05, 0.1) is 0 Å². The van der Waals surface area contributed by atoms with E-state index in [2.05, 4.69) is 12.6 Å². The number of aromatic carboxylic acids is 1. The van der Waals surface area contributed by atoms with Crippen LogP contribution >= 0.6 is 12.6 Å². The maximum atomic E-state index is 10.2. The fourth-order valence-electron chi connectivity index (χ4n) is 0.578. The molecule has 10 heavy (non-hydrogen) atoms. The molecule has 0 aliphatic heterocycles. The molecule has 0 saturated carbocycles. The predicted octanol–water partition coefficient (Wildman–Crippen LogP) is 1.41. The molecule has 0 aromatic carbocycles. The Hall–Kier alpha value is -0.900. The standard InChI is InChI=1S/C6H6O3S/c7-6(8)5-2-1-4(3-10)9-5/h1-2,10H,3H2,(H,7,8). The van der Waals surface area contributed by atoms with Crippen LogP contribution in [0, 0.1) is 0 Å². The minimum absolute atomic E-state index is 0.0379. The number of rotatable bonds is 2. The zero-order valence-electron chi connectivity index (χ0n) is 5.07. The van der Waals surface area contributed by atoms with Crippen molar-refractivity contribution in [1.82, 2.24) is 0 Å². The van der Waals surface area contributed by atoms with Gasteiger partial charge in [-0.1, -0.05) is 0 Å². The van der Waals surface area contributed by atoms with Gasteiger partial charge in [-0.3, -0.25) is 0 Å². The molecule has 0 fully saturated rings. The SMILES string of the molecule is O=C(O)c1ccc(CS)o1. The van der Waals surface area contributed by atoms with E-state index < -0.39 is 5.97 Å². The Labute approximate surface area is 63.1 Å². The van der Waals surface area contributed by atoms with E-state index in [0.29, 0.717) is 11.5 Å². The van der Waals surface area contributed by atoms with E-state index in [1.165, 1.54) is 6.07 Å². The first-order valence-electron chi connectivity index (χ1n) is 2.67. The summed E-state index contributed by atoms with van der Waals surface area (Å²) < 4.78 is 4.82. The van der Waals surface area contributed by atoms with Crippen molar-refractivity contribution in [1.29, 1.82) is 0 Å². The zero-order valence-corrected chi connectivity index (χ0v) is 5.97. The first-order valence-corrected chi connectivity index (χ1v) is 3.30. The van der Waals surface area contributed by atoms with E-state index in [-0.39, 0.29) is 5.76 Å². The molecule has 0 spiro atoms. The number of hydrogen-bond acceptors (Lipinski definition) is 3. The highest BCUT2D eigenvalue weighted by atomic mass is 32.1. The molecule has 0 saturated heterocycles. The third-order valence-corrected chi connectivity index (χ3v) is 1.34. The van der Waals surface area contributed by atoms with Gasteiger partial charge < -0.3 is 9.52 Å². The first kappa shape index (κ1) is 7.21. The van der Waals surface area contributed by atoms with Gasteiger partial charge in [0.1, 0.15) is 5.76 Å². The summed E-state index contributed by atoms with van der Waals surface area (Å²) in [6.07, 6.45) is 0. The van der Waals surface area contributed by atoms with E-state index in [4.69, 9.17) is 9.52 Å². The largest absolute Gasteiger partial charge is 0.475 e. The predicted molar refractivity (Wildman–Crippen MR) is 38.4 cm³/mol. The van der Waals surface area contributed by atoms with Crippen molar-refractivity contribution in [3.05, 3.63) is 23.7 Å². The Morgan fingerprint density at radius 3 is 2.70 bits per heavy atom. The fraction of sp³-hybridized carbons (Fsp3) is 0.167. The average Bonchev–Trinajstić information content (AvgIpc) is 2.34. The number of hydrogen-bond donors (Lipinski definition) is 2. The van der Waals surface area contributed by atoms with Gasteiger partial charge in [0, 0.05) is 5.75 Å². The van der Waals surface area contributed by atoms with Crippen LogP contribution in [-0.4, -0.2) is 11.1 Å². The number of furan rings is 1. The molecule has 54 valence electrons. The highest BCUT2D eigenvalue weighted by Crippen LogP contribution is 2.09. The van der Waals surface area contributed by atoms with Crippen molar-refractivity contribution in [2.24, 2.45) is 0 Å². The average molecular weight is 158 g/mol. The third-order valence-electron chi connectivity index (χ3n) is 1.03. The second-order valence-corrected chi connectivity index (χ2v) is 2.05. The number of carboxylic acids is 1. The van der Waals surface area contributed by atoms with Gasteiger partial charge in [-0.25, -0.2) is 4.79 Å². The lowest BCUT2D eigenvalue weighted by atomic mass is 10.4. The molecule has 1 N–H and O–H groups in total. The van der Waals surface area contributed by atoms with Crippen molar-refractivity contribution in [2.75, 3.05) is 0 Å². The molecule has 0 aliphatic carbocycles. The maximum Gasteiger partial charge on any atom is 0.371 e. The fourth-order valence-corrected chi connectivity index (χ4v) is 0.748. The molecule has 0 radical (unpaired) electrons. The van der Waals surface area contributed by atoms with E-state index in [9.17, 15) is 4.79 Å². The number of carbonyl (C=O) groups is 1. The number of thiol groups is 1. The van der Waals surface area contributed by atoms with Crippen LogP contribution in [0.15, 0.2) is 16.5 Å². The van der Waals surface area contributed by atoms with Gasteiger partial charge in [-0.2, -0.15) is 12.6 Å². The van der Waals surface area contributed by atoms with Crippen molar-refractivity contribution >= 4 is 18.6 Å². The Morgan fingerprint density at radius 1 is 1.70 bits per heavy atom. The van der Waals surface area contributed by atoms with Crippen LogP contribution in [0.2, 0.25) is 0 Å². The van der Waals surface area contributed by atoms with E-state index >= 15 is 0 Å². The quantitative estimate of drug-likeness (QED) is 0.640. The van der Waals surface area contributed by atoms with Crippen LogP contribution in [-0.2, 0) is 5.75 Å². The lowest BCUT2D eigenvalue weighted by molar-refractivity contribution is 0.0661. The lowest BCUT2D eigenvalue weighted by Crippen LogP contribution is -1.91. The smallest absolute Gasteiger partial charge is 0.371 e. The highest BCUT2D eigenvalue weighted by molar-refractivity contribution is 7.79. The Balaban J connectivity index is 2.88. The monoisotopic (exact) mass is 158 g/mol. The van der Waals surface area contributed by atoms with E-state index in [1.807, 2.05) is 0 Å². The van der Waals surface area contributed by atoms with Crippen molar-refractivity contribution in [3.63, 3.8) is 0 Å². The van der Waals surface area contributed by atoms with Gasteiger partial charge in [-0.05, 0) is 12.1 Å². The van der Waals surface area contributed by atoms with Gasteiger partial charge in [0.15, 0.2) is 0 Å². The topological polar surface area (TPSA) is 50.4 Å². The van der Waals surface area contributed by atoms with Gasteiger partial charge in [-0.15, -0.1) is 0 Å². The molecular weight excluding hydrogens is 152 g/mol.